The van der Waals surface area contributed by atoms with Crippen LogP contribution in [0, 0.1) is 5.92 Å². The van der Waals surface area contributed by atoms with E-state index in [0.29, 0.717) is 17.4 Å². The molecule has 2 atom stereocenters. The van der Waals surface area contributed by atoms with Gasteiger partial charge in [-0.3, -0.25) is 4.79 Å². The molecule has 0 spiro atoms. The molecule has 1 aromatic carbocycles. The molecule has 0 radical (unpaired) electrons. The summed E-state index contributed by atoms with van der Waals surface area (Å²) in [6.45, 7) is 3.70. The first kappa shape index (κ1) is 12.0. The van der Waals surface area contributed by atoms with E-state index in [9.17, 15) is 9.90 Å². The Labute approximate surface area is 101 Å². The second-order valence-electron chi connectivity index (χ2n) is 4.97. The van der Waals surface area contributed by atoms with E-state index in [2.05, 4.69) is 6.92 Å². The number of rotatable bonds is 4. The lowest BCUT2D eigenvalue weighted by molar-refractivity contribution is -0.138. The fourth-order valence-corrected chi connectivity index (χ4v) is 2.28. The van der Waals surface area contributed by atoms with Gasteiger partial charge < -0.3 is 10.2 Å². The number of carboxylic acids is 1. The van der Waals surface area contributed by atoms with Crippen molar-refractivity contribution in [1.29, 1.82) is 0 Å². The predicted octanol–water partition coefficient (Wildman–Crippen LogP) is 3.09. The average Bonchev–Trinajstić information content (AvgIpc) is 3.11. The minimum Gasteiger partial charge on any atom is -0.507 e. The van der Waals surface area contributed by atoms with Crippen molar-refractivity contribution < 1.29 is 15.0 Å². The number of phenolic OH excluding ortho intramolecular Hbond substituents is 1. The van der Waals surface area contributed by atoms with E-state index in [1.807, 2.05) is 12.1 Å². The van der Waals surface area contributed by atoms with E-state index in [1.165, 1.54) is 12.8 Å². The van der Waals surface area contributed by atoms with Gasteiger partial charge in [0.05, 0.1) is 5.92 Å². The molecular weight excluding hydrogens is 216 g/mol. The number of phenols is 1. The van der Waals surface area contributed by atoms with Gasteiger partial charge in [0.15, 0.2) is 0 Å². The molecule has 1 fully saturated rings. The zero-order chi connectivity index (χ0) is 12.6. The van der Waals surface area contributed by atoms with Crippen molar-refractivity contribution in [3.8, 4) is 5.75 Å². The Morgan fingerprint density at radius 2 is 1.88 bits per heavy atom. The van der Waals surface area contributed by atoms with Crippen molar-refractivity contribution >= 4 is 5.97 Å². The van der Waals surface area contributed by atoms with E-state index in [0.717, 1.165) is 5.56 Å². The van der Waals surface area contributed by atoms with Crippen molar-refractivity contribution in [1.82, 2.24) is 0 Å². The largest absolute Gasteiger partial charge is 0.507 e. The minimum absolute atomic E-state index is 0.168. The number of aromatic hydroxyl groups is 1. The van der Waals surface area contributed by atoms with E-state index in [1.54, 1.807) is 13.0 Å². The highest BCUT2D eigenvalue weighted by Gasteiger charge is 2.31. The number of hydrogen-bond acceptors (Lipinski definition) is 2. The maximum atomic E-state index is 11.0. The molecule has 92 valence electrons. The van der Waals surface area contributed by atoms with Crippen molar-refractivity contribution in [3.63, 3.8) is 0 Å². The molecule has 2 rings (SSSR count). The predicted molar refractivity (Wildman–Crippen MR) is 65.3 cm³/mol. The summed E-state index contributed by atoms with van der Waals surface area (Å²) in [5.74, 6) is -0.438. The van der Waals surface area contributed by atoms with Gasteiger partial charge in [0, 0.05) is 5.56 Å². The lowest BCUT2D eigenvalue weighted by Crippen LogP contribution is -2.09. The summed E-state index contributed by atoms with van der Waals surface area (Å²) in [6.07, 6.45) is 2.42. The minimum atomic E-state index is -0.906. The van der Waals surface area contributed by atoms with Crippen molar-refractivity contribution in [2.24, 2.45) is 5.92 Å². The van der Waals surface area contributed by atoms with Crippen LogP contribution >= 0.6 is 0 Å². The molecule has 3 nitrogen and oxygen atoms in total. The van der Waals surface area contributed by atoms with Gasteiger partial charge in [-0.2, -0.15) is 0 Å². The summed E-state index contributed by atoms with van der Waals surface area (Å²) in [4.78, 5) is 11.0. The molecule has 2 unspecified atom stereocenters. The molecule has 0 aliphatic heterocycles. The summed E-state index contributed by atoms with van der Waals surface area (Å²) >= 11 is 0. The maximum absolute atomic E-state index is 11.0. The van der Waals surface area contributed by atoms with Crippen LogP contribution in [-0.4, -0.2) is 16.2 Å². The highest BCUT2D eigenvalue weighted by molar-refractivity contribution is 5.77. The molecule has 2 N–H and O–H groups in total. The van der Waals surface area contributed by atoms with Crippen molar-refractivity contribution in [2.45, 2.75) is 38.5 Å². The van der Waals surface area contributed by atoms with Gasteiger partial charge in [-0.15, -0.1) is 0 Å². The molecule has 3 heteroatoms. The molecule has 1 aromatic rings. The normalized spacial score (nSPS) is 18.7. The smallest absolute Gasteiger partial charge is 0.310 e. The van der Waals surface area contributed by atoms with Crippen LogP contribution in [-0.2, 0) is 4.79 Å². The number of aliphatic carboxylic acids is 1. The first-order valence-corrected chi connectivity index (χ1v) is 6.07. The van der Waals surface area contributed by atoms with Crippen LogP contribution in [0.5, 0.6) is 5.75 Å². The van der Waals surface area contributed by atoms with E-state index in [-0.39, 0.29) is 5.75 Å². The van der Waals surface area contributed by atoms with Crippen LogP contribution < -0.4 is 0 Å². The van der Waals surface area contributed by atoms with Gasteiger partial charge in [-0.05, 0) is 37.2 Å². The highest BCUT2D eigenvalue weighted by atomic mass is 16.4. The van der Waals surface area contributed by atoms with Crippen LogP contribution in [0.15, 0.2) is 18.2 Å². The summed E-state index contributed by atoms with van der Waals surface area (Å²) < 4.78 is 0. The average molecular weight is 234 g/mol. The summed E-state index contributed by atoms with van der Waals surface area (Å²) in [5, 5.41) is 19.2. The number of hydrogen-bond donors (Lipinski definition) is 2. The van der Waals surface area contributed by atoms with Gasteiger partial charge in [0.2, 0.25) is 0 Å². The second kappa shape index (κ2) is 4.40. The van der Waals surface area contributed by atoms with E-state index < -0.39 is 11.9 Å². The summed E-state index contributed by atoms with van der Waals surface area (Å²) in [7, 11) is 0. The first-order valence-electron chi connectivity index (χ1n) is 6.07. The quantitative estimate of drug-likeness (QED) is 0.841. The first-order chi connectivity index (χ1) is 8.02. The molecule has 0 bridgehead atoms. The molecular formula is C14H18O3. The van der Waals surface area contributed by atoms with Crippen LogP contribution in [0.1, 0.15) is 49.7 Å². The Balaban J connectivity index is 2.35. The van der Waals surface area contributed by atoms with Gasteiger partial charge in [-0.1, -0.05) is 25.1 Å². The fourth-order valence-electron chi connectivity index (χ4n) is 2.28. The number of carboxylic acid groups (broad SMARTS) is 1. The monoisotopic (exact) mass is 234 g/mol. The zero-order valence-corrected chi connectivity index (χ0v) is 10.2. The molecule has 1 saturated carbocycles. The van der Waals surface area contributed by atoms with Crippen LogP contribution in [0.25, 0.3) is 0 Å². The van der Waals surface area contributed by atoms with Crippen LogP contribution in [0.4, 0.5) is 0 Å². The SMILES string of the molecule is CC(C(=O)O)c1cccc(C(C)C2CC2)c1O. The molecule has 0 amide bonds. The Morgan fingerprint density at radius 3 is 2.41 bits per heavy atom. The Morgan fingerprint density at radius 1 is 1.29 bits per heavy atom. The molecule has 0 aromatic heterocycles. The van der Waals surface area contributed by atoms with Crippen molar-refractivity contribution in [2.75, 3.05) is 0 Å². The Kier molecular flexibility index (Phi) is 3.09. The summed E-state index contributed by atoms with van der Waals surface area (Å²) in [5.41, 5.74) is 1.40. The van der Waals surface area contributed by atoms with E-state index >= 15 is 0 Å². The third-order valence-corrected chi connectivity index (χ3v) is 3.76. The van der Waals surface area contributed by atoms with Crippen molar-refractivity contribution in [3.05, 3.63) is 29.3 Å². The van der Waals surface area contributed by atoms with Crippen LogP contribution in [0.3, 0.4) is 0 Å². The molecule has 17 heavy (non-hydrogen) atoms. The van der Waals surface area contributed by atoms with Crippen LogP contribution in [0.2, 0.25) is 0 Å². The van der Waals surface area contributed by atoms with Gasteiger partial charge in [0.1, 0.15) is 5.75 Å². The Bertz CT molecular complexity index is 435. The lowest BCUT2D eigenvalue weighted by atomic mass is 9.90. The van der Waals surface area contributed by atoms with E-state index in [4.69, 9.17) is 5.11 Å². The number of benzene rings is 1. The molecule has 1 aliphatic rings. The third-order valence-electron chi connectivity index (χ3n) is 3.76. The fraction of sp³-hybridized carbons (Fsp3) is 0.500. The maximum Gasteiger partial charge on any atom is 0.310 e. The summed E-state index contributed by atoms with van der Waals surface area (Å²) in [6, 6.07) is 5.43. The lowest BCUT2D eigenvalue weighted by Gasteiger charge is -2.17. The van der Waals surface area contributed by atoms with Gasteiger partial charge >= 0.3 is 5.97 Å². The second-order valence-corrected chi connectivity index (χ2v) is 4.97. The standard InChI is InChI=1S/C14H18O3/c1-8(10-6-7-10)11-4-3-5-12(13(11)15)9(2)14(16)17/h3-5,8-10,15H,6-7H2,1-2H3,(H,16,17). The van der Waals surface area contributed by atoms with Gasteiger partial charge in [-0.25, -0.2) is 0 Å². The zero-order valence-electron chi connectivity index (χ0n) is 10.2. The molecule has 0 saturated heterocycles. The third kappa shape index (κ3) is 2.28. The highest BCUT2D eigenvalue weighted by Crippen LogP contribution is 2.45. The number of carbonyl (C=O) groups is 1. The van der Waals surface area contributed by atoms with Gasteiger partial charge in [0.25, 0.3) is 0 Å². The topological polar surface area (TPSA) is 57.5 Å². The number of para-hydroxylation sites is 1. The molecule has 0 heterocycles. The molecule has 1 aliphatic carbocycles. The Hall–Kier alpha value is -1.51.